The van der Waals surface area contributed by atoms with E-state index in [1.54, 1.807) is 43.5 Å². The second-order valence-corrected chi connectivity index (χ2v) is 9.95. The molecule has 184 valence electrons. The first kappa shape index (κ1) is 25.7. The molecule has 1 saturated heterocycles. The molecule has 0 aliphatic carbocycles. The van der Waals surface area contributed by atoms with Crippen LogP contribution in [0.1, 0.15) is 29.6 Å². The maximum Gasteiger partial charge on any atom is 0.253 e. The third-order valence-corrected chi connectivity index (χ3v) is 7.57. The van der Waals surface area contributed by atoms with Gasteiger partial charge in [-0.3, -0.25) is 9.59 Å². The highest BCUT2D eigenvalue weighted by atomic mass is 32.2. The summed E-state index contributed by atoms with van der Waals surface area (Å²) in [5.74, 6) is -0.565. The SMILES string of the molecule is COCCCNC(=O)c1ccccc1NC(=O)C1CCCN(S(=O)(=O)c2ccc(OC)cc2)C1. The minimum absolute atomic E-state index is 0.0750. The van der Waals surface area contributed by atoms with E-state index in [4.69, 9.17) is 9.47 Å². The quantitative estimate of drug-likeness (QED) is 0.496. The number of nitrogens with zero attached hydrogens (tertiary/aromatic N) is 1. The van der Waals surface area contributed by atoms with Crippen LogP contribution in [0.2, 0.25) is 0 Å². The van der Waals surface area contributed by atoms with Crippen molar-refractivity contribution in [1.82, 2.24) is 9.62 Å². The predicted molar refractivity (Wildman–Crippen MR) is 128 cm³/mol. The van der Waals surface area contributed by atoms with Crippen LogP contribution in [0.3, 0.4) is 0 Å². The van der Waals surface area contributed by atoms with Gasteiger partial charge in [0, 0.05) is 33.4 Å². The Morgan fingerprint density at radius 1 is 1.09 bits per heavy atom. The number of hydrogen-bond acceptors (Lipinski definition) is 6. The van der Waals surface area contributed by atoms with Crippen LogP contribution in [0.25, 0.3) is 0 Å². The molecule has 2 N–H and O–H groups in total. The van der Waals surface area contributed by atoms with Gasteiger partial charge in [-0.15, -0.1) is 0 Å². The third kappa shape index (κ3) is 6.34. The van der Waals surface area contributed by atoms with Crippen LogP contribution in [0, 0.1) is 5.92 Å². The zero-order valence-electron chi connectivity index (χ0n) is 19.5. The van der Waals surface area contributed by atoms with Gasteiger partial charge < -0.3 is 20.1 Å². The molecule has 2 amide bonds. The van der Waals surface area contributed by atoms with Crippen LogP contribution >= 0.6 is 0 Å². The fraction of sp³-hybridized carbons (Fsp3) is 0.417. The fourth-order valence-corrected chi connectivity index (χ4v) is 5.33. The maximum absolute atomic E-state index is 13.1. The number of benzene rings is 2. The summed E-state index contributed by atoms with van der Waals surface area (Å²) in [6.07, 6.45) is 1.80. The van der Waals surface area contributed by atoms with Crippen molar-refractivity contribution in [2.75, 3.05) is 45.8 Å². The number of carbonyl (C=O) groups is 2. The lowest BCUT2D eigenvalue weighted by Gasteiger charge is -2.31. The van der Waals surface area contributed by atoms with Gasteiger partial charge in [0.15, 0.2) is 0 Å². The predicted octanol–water partition coefficient (Wildman–Crippen LogP) is 2.50. The van der Waals surface area contributed by atoms with Crippen molar-refractivity contribution in [3.8, 4) is 5.75 Å². The van der Waals surface area contributed by atoms with Gasteiger partial charge in [0.1, 0.15) is 5.75 Å². The Morgan fingerprint density at radius 3 is 2.53 bits per heavy atom. The van der Waals surface area contributed by atoms with Crippen molar-refractivity contribution in [1.29, 1.82) is 0 Å². The second-order valence-electron chi connectivity index (χ2n) is 8.01. The Hall–Kier alpha value is -2.95. The monoisotopic (exact) mass is 489 g/mol. The molecule has 9 nitrogen and oxygen atoms in total. The molecule has 1 heterocycles. The number of nitrogens with one attached hydrogen (secondary N) is 2. The lowest BCUT2D eigenvalue weighted by Crippen LogP contribution is -2.43. The Kier molecular flexibility index (Phi) is 9.03. The second kappa shape index (κ2) is 12.0. The Bertz CT molecular complexity index is 1090. The molecule has 0 bridgehead atoms. The molecule has 2 aromatic rings. The molecule has 0 saturated carbocycles. The van der Waals surface area contributed by atoms with Crippen LogP contribution in [-0.4, -0.2) is 65.0 Å². The minimum atomic E-state index is -3.74. The van der Waals surface area contributed by atoms with E-state index in [0.717, 1.165) is 0 Å². The van der Waals surface area contributed by atoms with E-state index in [9.17, 15) is 18.0 Å². The van der Waals surface area contributed by atoms with Crippen molar-refractivity contribution in [3.63, 3.8) is 0 Å². The number of amides is 2. The number of methoxy groups -OCH3 is 2. The van der Waals surface area contributed by atoms with Crippen molar-refractivity contribution < 1.29 is 27.5 Å². The molecule has 34 heavy (non-hydrogen) atoms. The largest absolute Gasteiger partial charge is 0.497 e. The summed E-state index contributed by atoms with van der Waals surface area (Å²) >= 11 is 0. The first-order chi connectivity index (χ1) is 16.4. The normalized spacial score (nSPS) is 16.6. The van der Waals surface area contributed by atoms with E-state index in [1.165, 1.54) is 23.5 Å². The first-order valence-electron chi connectivity index (χ1n) is 11.2. The van der Waals surface area contributed by atoms with Crippen LogP contribution in [0.4, 0.5) is 5.69 Å². The molecule has 0 aromatic heterocycles. The van der Waals surface area contributed by atoms with Gasteiger partial charge in [0.05, 0.1) is 29.2 Å². The molecule has 1 aliphatic rings. The highest BCUT2D eigenvalue weighted by molar-refractivity contribution is 7.89. The van der Waals surface area contributed by atoms with Crippen molar-refractivity contribution in [2.24, 2.45) is 5.92 Å². The highest BCUT2D eigenvalue weighted by Crippen LogP contribution is 2.26. The summed E-state index contributed by atoms with van der Waals surface area (Å²) < 4.78 is 37.6. The first-order valence-corrected chi connectivity index (χ1v) is 12.6. The lowest BCUT2D eigenvalue weighted by atomic mass is 9.98. The average molecular weight is 490 g/mol. The third-order valence-electron chi connectivity index (χ3n) is 5.69. The molecule has 1 atom stereocenters. The minimum Gasteiger partial charge on any atom is -0.497 e. The number of sulfonamides is 1. The number of carbonyl (C=O) groups excluding carboxylic acids is 2. The molecule has 2 aromatic carbocycles. The van der Waals surface area contributed by atoms with E-state index in [0.29, 0.717) is 56.0 Å². The van der Waals surface area contributed by atoms with Crippen molar-refractivity contribution >= 4 is 27.5 Å². The molecule has 10 heteroatoms. The summed E-state index contributed by atoms with van der Waals surface area (Å²) in [5.41, 5.74) is 0.749. The van der Waals surface area contributed by atoms with Gasteiger partial charge >= 0.3 is 0 Å². The van der Waals surface area contributed by atoms with Crippen LogP contribution in [0.5, 0.6) is 5.75 Å². The summed E-state index contributed by atoms with van der Waals surface area (Å²) in [7, 11) is -0.627. The fourth-order valence-electron chi connectivity index (χ4n) is 3.81. The maximum atomic E-state index is 13.1. The molecule has 1 fully saturated rings. The zero-order chi connectivity index (χ0) is 24.6. The van der Waals surface area contributed by atoms with Gasteiger partial charge in [0.2, 0.25) is 15.9 Å². The number of para-hydroxylation sites is 1. The van der Waals surface area contributed by atoms with Gasteiger partial charge in [-0.25, -0.2) is 8.42 Å². The summed E-state index contributed by atoms with van der Waals surface area (Å²) in [6.45, 7) is 1.41. The van der Waals surface area contributed by atoms with Gasteiger partial charge in [-0.2, -0.15) is 4.31 Å². The number of hydrogen-bond donors (Lipinski definition) is 2. The summed E-state index contributed by atoms with van der Waals surface area (Å²) in [6, 6.07) is 13.0. The average Bonchev–Trinajstić information content (AvgIpc) is 2.87. The Balaban J connectivity index is 1.67. The highest BCUT2D eigenvalue weighted by Gasteiger charge is 2.33. The molecular formula is C24H31N3O6S. The van der Waals surface area contributed by atoms with Crippen LogP contribution < -0.4 is 15.4 Å². The molecule has 3 rings (SSSR count). The molecule has 1 aliphatic heterocycles. The van der Waals surface area contributed by atoms with E-state index in [1.807, 2.05) is 0 Å². The van der Waals surface area contributed by atoms with E-state index in [2.05, 4.69) is 10.6 Å². The van der Waals surface area contributed by atoms with Crippen molar-refractivity contribution in [3.05, 3.63) is 54.1 Å². The summed E-state index contributed by atoms with van der Waals surface area (Å²) in [4.78, 5) is 25.8. The summed E-state index contributed by atoms with van der Waals surface area (Å²) in [5, 5.41) is 5.64. The van der Waals surface area contributed by atoms with E-state index in [-0.39, 0.29) is 23.3 Å². The van der Waals surface area contributed by atoms with E-state index >= 15 is 0 Å². The molecule has 1 unspecified atom stereocenters. The van der Waals surface area contributed by atoms with Gasteiger partial charge in [-0.05, 0) is 55.7 Å². The van der Waals surface area contributed by atoms with Crippen LogP contribution in [-0.2, 0) is 19.6 Å². The standard InChI is InChI=1S/C24H31N3O6S/c1-32-16-6-14-25-24(29)21-8-3-4-9-22(21)26-23(28)18-7-5-15-27(17-18)34(30,31)20-12-10-19(33-2)11-13-20/h3-4,8-13,18H,5-7,14-17H2,1-2H3,(H,25,29)(H,26,28). The molecular weight excluding hydrogens is 458 g/mol. The number of anilines is 1. The number of ether oxygens (including phenoxy) is 2. The molecule has 0 radical (unpaired) electrons. The lowest BCUT2D eigenvalue weighted by molar-refractivity contribution is -0.120. The zero-order valence-corrected chi connectivity index (χ0v) is 20.3. The van der Waals surface area contributed by atoms with Gasteiger partial charge in [0.25, 0.3) is 5.91 Å². The Labute approximate surface area is 200 Å². The Morgan fingerprint density at radius 2 is 1.82 bits per heavy atom. The van der Waals surface area contributed by atoms with Crippen molar-refractivity contribution in [2.45, 2.75) is 24.2 Å². The topological polar surface area (TPSA) is 114 Å². The number of piperidine rings is 1. The van der Waals surface area contributed by atoms with E-state index < -0.39 is 15.9 Å². The smallest absolute Gasteiger partial charge is 0.253 e. The number of rotatable bonds is 10. The molecule has 0 spiro atoms. The van der Waals surface area contributed by atoms with Gasteiger partial charge in [-0.1, -0.05) is 12.1 Å². The van der Waals surface area contributed by atoms with Crippen LogP contribution in [0.15, 0.2) is 53.4 Å².